The Hall–Kier alpha value is -3.06. The molecule has 6 rings (SSSR count). The van der Waals surface area contributed by atoms with Crippen LogP contribution in [0, 0.1) is 29.0 Å². The van der Waals surface area contributed by atoms with Crippen LogP contribution >= 0.6 is 22.9 Å². The van der Waals surface area contributed by atoms with Crippen molar-refractivity contribution < 1.29 is 9.13 Å². The lowest BCUT2D eigenvalue weighted by Gasteiger charge is -2.18. The lowest BCUT2D eigenvalue weighted by atomic mass is 9.94. The van der Waals surface area contributed by atoms with Crippen LogP contribution < -0.4 is 10.6 Å². The molecule has 0 spiro atoms. The molecule has 43 heavy (non-hydrogen) atoms. The standard InChI is InChI=1S/C24H20ClFN6OS.C4H10.C3H8.C2H6/c1-10-6-32(7-11(10)2)24-30-4-13-14-8-33-9-15(14)17(19(25)20(13)31-24)21-18-12(3-27)23(28)34-22(18)16(26)5-29-21;1-3-4-2;1-3-2;1-2/h4-5,10-11H,6-9,28H2,1-2H3;3-4H2,1-2H3;3H2,1-2H3;1-2H3. The number of nitrogen functional groups attached to an aromatic ring is 1. The molecule has 7 nitrogen and oxygen atoms in total. The van der Waals surface area contributed by atoms with Gasteiger partial charge in [-0.1, -0.05) is 86.3 Å². The van der Waals surface area contributed by atoms with Crippen molar-refractivity contribution in [3.63, 3.8) is 0 Å². The molecule has 3 aromatic heterocycles. The second-order valence-corrected chi connectivity index (χ2v) is 12.2. The van der Waals surface area contributed by atoms with Crippen molar-refractivity contribution >= 4 is 54.9 Å². The molecular formula is C33H44ClFN6OS. The maximum atomic E-state index is 14.6. The third-order valence-corrected chi connectivity index (χ3v) is 8.90. The van der Waals surface area contributed by atoms with E-state index in [2.05, 4.69) is 62.5 Å². The minimum atomic E-state index is -0.524. The van der Waals surface area contributed by atoms with Gasteiger partial charge in [0.1, 0.15) is 11.1 Å². The Morgan fingerprint density at radius 3 is 2.26 bits per heavy atom. The van der Waals surface area contributed by atoms with Gasteiger partial charge in [0.05, 0.1) is 45.9 Å². The van der Waals surface area contributed by atoms with Crippen LogP contribution in [-0.4, -0.2) is 28.0 Å². The SMILES string of the molecule is CC.CC1CN(c2ncc3c4c(c(-c5ncc(F)c6sc(N)c(C#N)c56)c(Cl)c3n2)COC4)CC1C.CCC.CCCC. The van der Waals surface area contributed by atoms with E-state index < -0.39 is 5.82 Å². The number of fused-ring (bicyclic) bond motifs is 4. The number of ether oxygens (including phenoxy) is 1. The number of anilines is 2. The molecule has 0 radical (unpaired) electrons. The number of rotatable bonds is 3. The van der Waals surface area contributed by atoms with Crippen LogP contribution in [-0.2, 0) is 18.0 Å². The maximum Gasteiger partial charge on any atom is 0.225 e. The van der Waals surface area contributed by atoms with E-state index in [9.17, 15) is 9.65 Å². The normalized spacial score (nSPS) is 16.9. The van der Waals surface area contributed by atoms with E-state index in [-0.39, 0.29) is 15.3 Å². The zero-order chi connectivity index (χ0) is 31.8. The summed E-state index contributed by atoms with van der Waals surface area (Å²) in [6, 6.07) is 2.11. The number of hydrogen-bond acceptors (Lipinski definition) is 8. The molecule has 5 heterocycles. The molecule has 0 bridgehead atoms. The lowest BCUT2D eigenvalue weighted by Crippen LogP contribution is -2.22. The highest BCUT2D eigenvalue weighted by molar-refractivity contribution is 7.23. The van der Waals surface area contributed by atoms with Crippen LogP contribution in [0.5, 0.6) is 0 Å². The Labute approximate surface area is 264 Å². The molecule has 232 valence electrons. The molecule has 2 aliphatic rings. The number of nitrogens with zero attached hydrogens (tertiary/aromatic N) is 5. The van der Waals surface area contributed by atoms with E-state index in [0.29, 0.717) is 58.2 Å². The van der Waals surface area contributed by atoms with Crippen molar-refractivity contribution in [1.82, 2.24) is 15.0 Å². The summed E-state index contributed by atoms with van der Waals surface area (Å²) < 4.78 is 20.7. The molecule has 0 amide bonds. The summed E-state index contributed by atoms with van der Waals surface area (Å²) in [7, 11) is 0. The number of aromatic nitrogens is 3. The van der Waals surface area contributed by atoms with Crippen LogP contribution in [0.25, 0.3) is 32.2 Å². The molecule has 10 heteroatoms. The summed E-state index contributed by atoms with van der Waals surface area (Å²) in [5.74, 6) is 1.20. The topological polar surface area (TPSA) is 101 Å². The first-order valence-corrected chi connectivity index (χ1v) is 16.5. The number of unbranched alkanes of at least 4 members (excludes halogenated alkanes) is 1. The summed E-state index contributed by atoms with van der Waals surface area (Å²) >= 11 is 8.06. The molecule has 2 unspecified atom stereocenters. The monoisotopic (exact) mass is 626 g/mol. The summed E-state index contributed by atoms with van der Waals surface area (Å²) in [5, 5.41) is 11.6. The van der Waals surface area contributed by atoms with Gasteiger partial charge in [0, 0.05) is 35.6 Å². The molecule has 2 aliphatic heterocycles. The van der Waals surface area contributed by atoms with Gasteiger partial charge in [0.25, 0.3) is 0 Å². The number of benzene rings is 1. The summed E-state index contributed by atoms with van der Waals surface area (Å²) in [4.78, 5) is 16.1. The highest BCUT2D eigenvalue weighted by Crippen LogP contribution is 2.47. The van der Waals surface area contributed by atoms with E-state index in [1.54, 1.807) is 0 Å². The van der Waals surface area contributed by atoms with E-state index in [0.717, 1.165) is 47.1 Å². The average Bonchev–Trinajstić information content (AvgIpc) is 3.73. The van der Waals surface area contributed by atoms with Crippen LogP contribution in [0.1, 0.15) is 91.3 Å². The zero-order valence-electron chi connectivity index (χ0n) is 26.6. The smallest absolute Gasteiger partial charge is 0.225 e. The molecule has 2 N–H and O–H groups in total. The van der Waals surface area contributed by atoms with Crippen molar-refractivity contribution in [2.24, 2.45) is 11.8 Å². The highest BCUT2D eigenvalue weighted by Gasteiger charge is 2.31. The zero-order valence-corrected chi connectivity index (χ0v) is 28.2. The molecular weight excluding hydrogens is 583 g/mol. The van der Waals surface area contributed by atoms with Gasteiger partial charge in [0.2, 0.25) is 5.95 Å². The molecule has 1 fully saturated rings. The highest BCUT2D eigenvalue weighted by atomic mass is 35.5. The summed E-state index contributed by atoms with van der Waals surface area (Å²) in [5.41, 5.74) is 9.66. The predicted octanol–water partition coefficient (Wildman–Crippen LogP) is 9.52. The van der Waals surface area contributed by atoms with Gasteiger partial charge in [-0.05, 0) is 23.0 Å². The molecule has 0 aliphatic carbocycles. The van der Waals surface area contributed by atoms with Gasteiger partial charge in [-0.15, -0.1) is 11.3 Å². The maximum absolute atomic E-state index is 14.6. The van der Waals surface area contributed by atoms with E-state index >= 15 is 0 Å². The van der Waals surface area contributed by atoms with Crippen LogP contribution in [0.3, 0.4) is 0 Å². The van der Waals surface area contributed by atoms with Crippen molar-refractivity contribution in [2.75, 3.05) is 23.7 Å². The van der Waals surface area contributed by atoms with Crippen molar-refractivity contribution in [1.29, 1.82) is 5.26 Å². The third kappa shape index (κ3) is 6.87. The molecule has 1 aromatic carbocycles. The Morgan fingerprint density at radius 1 is 1.07 bits per heavy atom. The second-order valence-electron chi connectivity index (χ2n) is 10.7. The van der Waals surface area contributed by atoms with Crippen LogP contribution in [0.4, 0.5) is 15.3 Å². The van der Waals surface area contributed by atoms with Crippen molar-refractivity contribution in [3.8, 4) is 17.3 Å². The van der Waals surface area contributed by atoms with Crippen molar-refractivity contribution in [2.45, 2.75) is 87.9 Å². The number of pyridine rings is 1. The minimum absolute atomic E-state index is 0.203. The fourth-order valence-corrected chi connectivity index (χ4v) is 6.25. The molecule has 2 atom stereocenters. The molecule has 1 saturated heterocycles. The first-order chi connectivity index (χ1) is 20.7. The summed E-state index contributed by atoms with van der Waals surface area (Å²) in [6.45, 7) is 19.5. The molecule has 4 aromatic rings. The Kier molecular flexibility index (Phi) is 12.5. The number of nitrogens with two attached hydrogens (primary N) is 1. The Morgan fingerprint density at radius 2 is 1.67 bits per heavy atom. The number of halogens is 2. The summed E-state index contributed by atoms with van der Waals surface area (Å²) in [6.07, 6.45) is 6.85. The third-order valence-electron chi connectivity index (χ3n) is 7.50. The van der Waals surface area contributed by atoms with E-state index in [1.165, 1.54) is 19.3 Å². The fourth-order valence-electron chi connectivity index (χ4n) is 4.98. The largest absolute Gasteiger partial charge is 0.389 e. The van der Waals surface area contributed by atoms with Gasteiger partial charge in [0.15, 0.2) is 5.82 Å². The van der Waals surface area contributed by atoms with Gasteiger partial charge >= 0.3 is 0 Å². The van der Waals surface area contributed by atoms with Gasteiger partial charge in [-0.2, -0.15) is 5.26 Å². The number of nitriles is 1. The molecule has 0 saturated carbocycles. The second kappa shape index (κ2) is 15.6. The first-order valence-electron chi connectivity index (χ1n) is 15.3. The lowest BCUT2D eigenvalue weighted by molar-refractivity contribution is 0.135. The van der Waals surface area contributed by atoms with Gasteiger partial charge in [-0.3, -0.25) is 4.98 Å². The quantitative estimate of drug-likeness (QED) is 0.242. The number of hydrogen-bond donors (Lipinski definition) is 1. The van der Waals surface area contributed by atoms with Crippen LogP contribution in [0.2, 0.25) is 5.02 Å². The van der Waals surface area contributed by atoms with Crippen LogP contribution in [0.15, 0.2) is 12.4 Å². The fraction of sp³-hybridized carbons (Fsp3) is 0.515. The average molecular weight is 627 g/mol. The Bertz CT molecular complexity index is 1590. The van der Waals surface area contributed by atoms with Gasteiger partial charge < -0.3 is 15.4 Å². The first kappa shape index (κ1) is 34.4. The minimum Gasteiger partial charge on any atom is -0.389 e. The van der Waals surface area contributed by atoms with Gasteiger partial charge in [-0.25, -0.2) is 14.4 Å². The predicted molar refractivity (Wildman–Crippen MR) is 179 cm³/mol. The number of thiophene rings is 1. The van der Waals surface area contributed by atoms with E-state index in [4.69, 9.17) is 27.1 Å². The van der Waals surface area contributed by atoms with E-state index in [1.807, 2.05) is 20.0 Å². The van der Waals surface area contributed by atoms with Crippen molar-refractivity contribution in [3.05, 3.63) is 39.9 Å². The Balaban J connectivity index is 0.000000505.